The first-order valence-electron chi connectivity index (χ1n) is 9.09. The van der Waals surface area contributed by atoms with E-state index in [4.69, 9.17) is 10.5 Å². The molecule has 0 aliphatic carbocycles. The third kappa shape index (κ3) is 17.8. The van der Waals surface area contributed by atoms with Crippen LogP contribution >= 0.6 is 7.82 Å². The van der Waals surface area contributed by atoms with Gasteiger partial charge in [0.2, 0.25) is 0 Å². The van der Waals surface area contributed by atoms with Crippen LogP contribution in [-0.4, -0.2) is 17.1 Å². The van der Waals surface area contributed by atoms with Crippen LogP contribution in [0.25, 0.3) is 0 Å². The minimum absolute atomic E-state index is 0. The Kier molecular flexibility index (Phi) is 23.1. The van der Waals surface area contributed by atoms with Gasteiger partial charge in [-0.25, -0.2) is 15.1 Å². The van der Waals surface area contributed by atoms with Gasteiger partial charge in [-0.05, 0) is 6.42 Å². The molecule has 2 N–H and O–H groups in total. The molecular weight excluding hydrogens is 342 g/mol. The number of hydrogen-bond acceptors (Lipinski definition) is 6. The van der Waals surface area contributed by atoms with Gasteiger partial charge in [0.25, 0.3) is 0 Å². The fourth-order valence-electron chi connectivity index (χ4n) is 2.54. The van der Waals surface area contributed by atoms with E-state index in [-0.39, 0.29) is 36.2 Å². The van der Waals surface area contributed by atoms with E-state index < -0.39 is 7.82 Å². The summed E-state index contributed by atoms with van der Waals surface area (Å²) in [5.41, 5.74) is 0. The van der Waals surface area contributed by atoms with Crippen LogP contribution in [0, 0.1) is 0 Å². The quantitative estimate of drug-likeness (QED) is 0.125. The minimum atomic E-state index is -4.16. The monoisotopic (exact) mass is 377 g/mol. The van der Waals surface area contributed by atoms with Crippen LogP contribution in [0.5, 0.6) is 0 Å². The van der Waals surface area contributed by atoms with Crippen LogP contribution in [0.1, 0.15) is 96.8 Å². The second kappa shape index (κ2) is 20.3. The molecule has 0 radical (unpaired) electrons. The second-order valence-electron chi connectivity index (χ2n) is 6.04. The topological polar surface area (TPSA) is 85.2 Å². The van der Waals surface area contributed by atoms with Crippen LogP contribution in [0.3, 0.4) is 0 Å². The maximum Gasteiger partial charge on any atom is 1.00 e. The van der Waals surface area contributed by atoms with Gasteiger partial charge in [0.1, 0.15) is 0 Å². The zero-order chi connectivity index (χ0) is 17.2. The number of unbranched alkanes of at least 4 members (excludes halogenated alkanes) is 13. The fraction of sp³-hybridized carbons (Fsp3) is 1.00. The summed E-state index contributed by atoms with van der Waals surface area (Å²) < 4.78 is 22.7. The average Bonchev–Trinajstić information content (AvgIpc) is 2.58. The van der Waals surface area contributed by atoms with Crippen molar-refractivity contribution in [1.29, 1.82) is 0 Å². The number of rotatable bonds is 18. The molecule has 0 saturated carbocycles. The molecule has 0 unspecified atom stereocenters. The molecule has 0 aliphatic heterocycles. The van der Waals surface area contributed by atoms with Crippen molar-refractivity contribution in [3.63, 3.8) is 0 Å². The van der Waals surface area contributed by atoms with Crippen molar-refractivity contribution in [2.45, 2.75) is 96.8 Å². The van der Waals surface area contributed by atoms with Gasteiger partial charge in [0, 0.05) is 0 Å². The van der Waals surface area contributed by atoms with E-state index in [1.54, 1.807) is 0 Å². The molecule has 6 nitrogen and oxygen atoms in total. The Morgan fingerprint density at radius 2 is 1.00 bits per heavy atom. The van der Waals surface area contributed by atoms with Crippen molar-refractivity contribution in [3.05, 3.63) is 0 Å². The molecule has 0 aromatic carbocycles. The molecule has 0 spiro atoms. The van der Waals surface area contributed by atoms with Gasteiger partial charge in [-0.15, -0.1) is 9.35 Å². The average molecular weight is 377 g/mol. The van der Waals surface area contributed by atoms with Crippen LogP contribution in [0.4, 0.5) is 0 Å². The Balaban J connectivity index is 0. The Bertz CT molecular complexity index is 286. The number of hydrogen-bond donors (Lipinski definition) is 2. The molecule has 0 fully saturated rings. The van der Waals surface area contributed by atoms with Crippen molar-refractivity contribution in [3.8, 4) is 0 Å². The summed E-state index contributed by atoms with van der Waals surface area (Å²) in [4.78, 5) is 0. The summed E-state index contributed by atoms with van der Waals surface area (Å²) >= 11 is 0. The van der Waals surface area contributed by atoms with Crippen LogP contribution < -0.4 is 29.6 Å². The predicted octanol–water partition coefficient (Wildman–Crippen LogP) is 3.58. The summed E-state index contributed by atoms with van der Waals surface area (Å²) in [5, 5.41) is 16.5. The zero-order valence-corrected chi connectivity index (χ0v) is 18.5. The maximum absolute atomic E-state index is 11.1. The SMILES string of the molecule is CCCCCCCCCCCCCCCCOP(=O)(OO)OO.[Na+]. The van der Waals surface area contributed by atoms with Crippen LogP contribution in [0.2, 0.25) is 0 Å². The Morgan fingerprint density at radius 3 is 1.33 bits per heavy atom. The second-order valence-corrected chi connectivity index (χ2v) is 7.52. The molecule has 0 bridgehead atoms. The zero-order valence-electron chi connectivity index (χ0n) is 15.6. The summed E-state index contributed by atoms with van der Waals surface area (Å²) in [6, 6.07) is 0. The first-order chi connectivity index (χ1) is 11.2. The van der Waals surface area contributed by atoms with Crippen molar-refractivity contribution in [2.24, 2.45) is 0 Å². The molecule has 8 heteroatoms. The van der Waals surface area contributed by atoms with Gasteiger partial charge in [0.15, 0.2) is 0 Å². The summed E-state index contributed by atoms with van der Waals surface area (Å²) in [6.07, 6.45) is 17.4. The Morgan fingerprint density at radius 1 is 0.667 bits per heavy atom. The van der Waals surface area contributed by atoms with Crippen molar-refractivity contribution < 1.29 is 58.5 Å². The van der Waals surface area contributed by atoms with Gasteiger partial charge in [-0.2, -0.15) is 0 Å². The van der Waals surface area contributed by atoms with E-state index in [1.165, 1.54) is 70.6 Å². The van der Waals surface area contributed by atoms with E-state index in [0.29, 0.717) is 6.42 Å². The van der Waals surface area contributed by atoms with Crippen molar-refractivity contribution in [2.75, 3.05) is 6.61 Å². The van der Waals surface area contributed by atoms with Gasteiger partial charge in [-0.1, -0.05) is 90.4 Å². The van der Waals surface area contributed by atoms with E-state index in [2.05, 4.69) is 20.8 Å². The molecule has 0 saturated heterocycles. The van der Waals surface area contributed by atoms with E-state index in [1.807, 2.05) is 0 Å². The van der Waals surface area contributed by atoms with E-state index in [9.17, 15) is 4.57 Å². The molecular formula is C16H35NaO6P+. The molecule has 0 atom stereocenters. The van der Waals surface area contributed by atoms with Crippen LogP contribution in [0.15, 0.2) is 0 Å². The van der Waals surface area contributed by atoms with Crippen LogP contribution in [-0.2, 0) is 18.4 Å². The smallest absolute Gasteiger partial charge is 0.284 e. The molecule has 0 aromatic rings. The maximum atomic E-state index is 11.1. The standard InChI is InChI=1S/C16H35O6P.Na/c1-2-3-4-5-6-7-8-9-10-11-12-13-14-15-16-20-23(19,21-17)22-18;/h17-18H,2-16H2,1H3;/q;+1. The number of phosphoric acid groups is 1. The minimum Gasteiger partial charge on any atom is -0.284 e. The largest absolute Gasteiger partial charge is 1.00 e. The van der Waals surface area contributed by atoms with E-state index in [0.717, 1.165) is 12.8 Å². The third-order valence-electron chi connectivity index (χ3n) is 3.95. The summed E-state index contributed by atoms with van der Waals surface area (Å²) in [6.45, 7) is 2.37. The normalized spacial score (nSPS) is 11.5. The first kappa shape index (κ1) is 27.3. The van der Waals surface area contributed by atoms with Crippen molar-refractivity contribution in [1.82, 2.24) is 0 Å². The van der Waals surface area contributed by atoms with Gasteiger partial charge in [-0.3, -0.25) is 4.52 Å². The summed E-state index contributed by atoms with van der Waals surface area (Å²) in [5.74, 6) is 0. The molecule has 0 aliphatic rings. The molecule has 0 aromatic heterocycles. The first-order valence-corrected chi connectivity index (χ1v) is 10.6. The predicted molar refractivity (Wildman–Crippen MR) is 91.3 cm³/mol. The Hall–Kier alpha value is 1.03. The molecule has 140 valence electrons. The Labute approximate surface area is 169 Å². The third-order valence-corrected chi connectivity index (χ3v) is 4.85. The fourth-order valence-corrected chi connectivity index (χ4v) is 3.01. The van der Waals surface area contributed by atoms with Crippen molar-refractivity contribution >= 4 is 7.82 Å². The van der Waals surface area contributed by atoms with E-state index >= 15 is 0 Å². The molecule has 0 rings (SSSR count). The summed E-state index contributed by atoms with van der Waals surface area (Å²) in [7, 11) is -4.16. The molecule has 24 heavy (non-hydrogen) atoms. The van der Waals surface area contributed by atoms with Gasteiger partial charge >= 0.3 is 37.4 Å². The van der Waals surface area contributed by atoms with Gasteiger partial charge in [0.05, 0.1) is 6.61 Å². The molecule has 0 amide bonds. The molecule has 0 heterocycles. The van der Waals surface area contributed by atoms with Gasteiger partial charge < -0.3 is 0 Å².